The minimum absolute atomic E-state index is 0.485. The zero-order chi connectivity index (χ0) is 15.6. The molecule has 1 fully saturated rings. The Morgan fingerprint density at radius 3 is 2.87 bits per heavy atom. The number of hydrogen-bond acceptors (Lipinski definition) is 4. The first kappa shape index (κ1) is 12.9. The van der Waals surface area contributed by atoms with Crippen LogP contribution < -0.4 is 4.74 Å². The second-order valence-electron chi connectivity index (χ2n) is 6.49. The van der Waals surface area contributed by atoms with Gasteiger partial charge in [0.25, 0.3) is 0 Å². The Hall–Kier alpha value is -2.56. The highest BCUT2D eigenvalue weighted by atomic mass is 16.5. The van der Waals surface area contributed by atoms with E-state index in [2.05, 4.69) is 33.3 Å². The van der Waals surface area contributed by atoms with Crippen LogP contribution in [0.4, 0.5) is 0 Å². The van der Waals surface area contributed by atoms with Crippen molar-refractivity contribution in [2.24, 2.45) is 5.92 Å². The molecule has 2 aliphatic rings. The smallest absolute Gasteiger partial charge is 0.141 e. The first-order chi connectivity index (χ1) is 11.2. The summed E-state index contributed by atoms with van der Waals surface area (Å²) in [7, 11) is 0. The molecule has 3 heterocycles. The molecule has 5 nitrogen and oxygen atoms in total. The molecule has 1 aliphatic heterocycles. The molecule has 0 radical (unpaired) electrons. The van der Waals surface area contributed by atoms with Crippen LogP contribution in [-0.4, -0.2) is 21.7 Å². The number of H-pyrrole nitrogens is 1. The van der Waals surface area contributed by atoms with Gasteiger partial charge in [0, 0.05) is 35.2 Å². The number of rotatable bonds is 2. The van der Waals surface area contributed by atoms with E-state index in [1.165, 1.54) is 11.3 Å². The van der Waals surface area contributed by atoms with E-state index in [9.17, 15) is 0 Å². The van der Waals surface area contributed by atoms with Crippen LogP contribution in [0.25, 0.3) is 11.1 Å². The summed E-state index contributed by atoms with van der Waals surface area (Å²) >= 11 is 0. The topological polar surface area (TPSA) is 63.9 Å². The quantitative estimate of drug-likeness (QED) is 0.786. The van der Waals surface area contributed by atoms with Gasteiger partial charge in [0.1, 0.15) is 11.5 Å². The van der Waals surface area contributed by atoms with E-state index < -0.39 is 0 Å². The van der Waals surface area contributed by atoms with Gasteiger partial charge in [-0.05, 0) is 37.1 Å². The highest BCUT2D eigenvalue weighted by Crippen LogP contribution is 2.64. The van der Waals surface area contributed by atoms with Gasteiger partial charge in [-0.25, -0.2) is 4.98 Å². The minimum Gasteiger partial charge on any atom is -0.493 e. The zero-order valence-electron chi connectivity index (χ0n) is 13.0. The summed E-state index contributed by atoms with van der Waals surface area (Å²) in [5.74, 6) is 3.40. The van der Waals surface area contributed by atoms with E-state index in [0.717, 1.165) is 34.9 Å². The highest BCUT2D eigenvalue weighted by molar-refractivity contribution is 5.70. The third-order valence-corrected chi connectivity index (χ3v) is 5.17. The second kappa shape index (κ2) is 4.47. The molecule has 3 unspecified atom stereocenters. The Kier molecular flexibility index (Phi) is 2.52. The predicted octanol–water partition coefficient (Wildman–Crippen LogP) is 3.57. The molecular weight excluding hydrogens is 290 g/mol. The van der Waals surface area contributed by atoms with Crippen LogP contribution in [0.3, 0.4) is 0 Å². The van der Waals surface area contributed by atoms with E-state index in [1.807, 2.05) is 20.0 Å². The van der Waals surface area contributed by atoms with Crippen molar-refractivity contribution >= 4 is 0 Å². The van der Waals surface area contributed by atoms with Gasteiger partial charge < -0.3 is 14.2 Å². The van der Waals surface area contributed by atoms with Crippen LogP contribution in [0.2, 0.25) is 0 Å². The van der Waals surface area contributed by atoms with Crippen LogP contribution in [0.15, 0.2) is 35.2 Å². The van der Waals surface area contributed by atoms with E-state index >= 15 is 0 Å². The molecule has 2 aromatic heterocycles. The molecule has 3 aromatic rings. The van der Waals surface area contributed by atoms with Crippen LogP contribution >= 0.6 is 0 Å². The average molecular weight is 307 g/mol. The van der Waals surface area contributed by atoms with Crippen LogP contribution in [0.5, 0.6) is 5.75 Å². The third-order valence-electron chi connectivity index (χ3n) is 5.17. The fourth-order valence-corrected chi connectivity index (χ4v) is 4.06. The van der Waals surface area contributed by atoms with Crippen molar-refractivity contribution in [2.45, 2.75) is 25.7 Å². The summed E-state index contributed by atoms with van der Waals surface area (Å²) < 4.78 is 11.3. The number of imidazole rings is 1. The first-order valence-corrected chi connectivity index (χ1v) is 7.92. The summed E-state index contributed by atoms with van der Waals surface area (Å²) in [6.07, 6.45) is 3.68. The number of benzene rings is 1. The van der Waals surface area contributed by atoms with Gasteiger partial charge in [-0.2, -0.15) is 0 Å². The molecule has 1 N–H and O–H groups in total. The lowest BCUT2D eigenvalue weighted by atomic mass is 9.97. The molecule has 0 amide bonds. The largest absolute Gasteiger partial charge is 0.493 e. The number of hydrogen-bond donors (Lipinski definition) is 1. The number of fused-ring (bicyclic) bond motifs is 3. The van der Waals surface area contributed by atoms with Crippen molar-refractivity contribution < 1.29 is 9.26 Å². The predicted molar refractivity (Wildman–Crippen MR) is 84.5 cm³/mol. The van der Waals surface area contributed by atoms with Gasteiger partial charge in [0.15, 0.2) is 0 Å². The lowest BCUT2D eigenvalue weighted by Gasteiger charge is -2.17. The third kappa shape index (κ3) is 1.79. The molecule has 3 atom stereocenters. The van der Waals surface area contributed by atoms with E-state index in [1.54, 1.807) is 6.33 Å². The molecule has 0 spiro atoms. The number of aryl methyl sites for hydroxylation is 2. The first-order valence-electron chi connectivity index (χ1n) is 7.92. The highest BCUT2D eigenvalue weighted by Gasteiger charge is 2.56. The fraction of sp³-hybridized carbons (Fsp3) is 0.333. The van der Waals surface area contributed by atoms with Gasteiger partial charge in [-0.1, -0.05) is 11.2 Å². The Morgan fingerprint density at radius 1 is 1.22 bits per heavy atom. The maximum absolute atomic E-state index is 5.97. The van der Waals surface area contributed by atoms with Crippen LogP contribution in [0, 0.1) is 19.8 Å². The minimum atomic E-state index is 0.485. The Labute approximate surface area is 133 Å². The number of aromatic amines is 1. The van der Waals surface area contributed by atoms with E-state index in [0.29, 0.717) is 17.8 Å². The Balaban J connectivity index is 1.58. The average Bonchev–Trinajstić information content (AvgIpc) is 2.88. The lowest BCUT2D eigenvalue weighted by molar-refractivity contribution is 0.277. The standard InChI is InChI=1S/C18H17N3O2/c1-9-16(10(2)23-21-9)11-3-4-15-12(5-11)17-13(7-22-15)18(17)14-6-19-8-20-14/h3-6,8,13,17-18H,7H2,1-2H3,(H,19,20). The van der Waals surface area contributed by atoms with Gasteiger partial charge in [-0.3, -0.25) is 0 Å². The summed E-state index contributed by atoms with van der Waals surface area (Å²) in [5, 5.41) is 4.07. The summed E-state index contributed by atoms with van der Waals surface area (Å²) in [6.45, 7) is 4.72. The van der Waals surface area contributed by atoms with Crippen molar-refractivity contribution in [2.75, 3.05) is 6.61 Å². The molecular formula is C18H17N3O2. The number of nitrogens with zero attached hydrogens (tertiary/aromatic N) is 2. The van der Waals surface area contributed by atoms with Crippen LogP contribution in [0.1, 0.15) is 34.5 Å². The molecule has 5 heteroatoms. The molecule has 5 rings (SSSR count). The van der Waals surface area contributed by atoms with Gasteiger partial charge in [-0.15, -0.1) is 0 Å². The van der Waals surface area contributed by atoms with Gasteiger partial charge in [0.05, 0.1) is 18.6 Å². The van der Waals surface area contributed by atoms with Gasteiger partial charge in [0.2, 0.25) is 0 Å². The fourth-order valence-electron chi connectivity index (χ4n) is 4.06. The monoisotopic (exact) mass is 307 g/mol. The molecule has 0 saturated heterocycles. The molecule has 1 saturated carbocycles. The maximum atomic E-state index is 5.97. The summed E-state index contributed by atoms with van der Waals surface area (Å²) in [6, 6.07) is 6.42. The normalized spacial score (nSPS) is 24.7. The van der Waals surface area contributed by atoms with Crippen molar-refractivity contribution in [3.05, 3.63) is 53.4 Å². The molecule has 0 bridgehead atoms. The Bertz CT molecular complexity index is 862. The van der Waals surface area contributed by atoms with Crippen molar-refractivity contribution in [3.63, 3.8) is 0 Å². The van der Waals surface area contributed by atoms with E-state index in [4.69, 9.17) is 9.26 Å². The molecule has 1 aromatic carbocycles. The maximum Gasteiger partial charge on any atom is 0.141 e. The Morgan fingerprint density at radius 2 is 2.13 bits per heavy atom. The van der Waals surface area contributed by atoms with Crippen LogP contribution in [-0.2, 0) is 0 Å². The van der Waals surface area contributed by atoms with Crippen molar-refractivity contribution in [1.82, 2.24) is 15.1 Å². The molecule has 1 aliphatic carbocycles. The molecule has 116 valence electrons. The SMILES string of the molecule is Cc1noc(C)c1-c1ccc2c(c1)C1C(CO2)C1c1cnc[nH]1. The second-order valence-corrected chi connectivity index (χ2v) is 6.49. The summed E-state index contributed by atoms with van der Waals surface area (Å²) in [5.41, 5.74) is 5.67. The van der Waals surface area contributed by atoms with Crippen molar-refractivity contribution in [3.8, 4) is 16.9 Å². The number of nitrogens with one attached hydrogen (secondary N) is 1. The van der Waals surface area contributed by atoms with Crippen molar-refractivity contribution in [1.29, 1.82) is 0 Å². The zero-order valence-corrected chi connectivity index (χ0v) is 13.0. The number of aromatic nitrogens is 3. The van der Waals surface area contributed by atoms with Gasteiger partial charge >= 0.3 is 0 Å². The number of ether oxygens (including phenoxy) is 1. The lowest BCUT2D eigenvalue weighted by Crippen LogP contribution is -2.08. The summed E-state index contributed by atoms with van der Waals surface area (Å²) in [4.78, 5) is 7.42. The van der Waals surface area contributed by atoms with E-state index in [-0.39, 0.29) is 0 Å². The molecule has 23 heavy (non-hydrogen) atoms.